The van der Waals surface area contributed by atoms with Gasteiger partial charge in [0.1, 0.15) is 5.76 Å². The second-order valence-corrected chi connectivity index (χ2v) is 6.65. The van der Waals surface area contributed by atoms with Crippen molar-refractivity contribution < 1.29 is 4.42 Å². The zero-order chi connectivity index (χ0) is 16.8. The van der Waals surface area contributed by atoms with E-state index in [0.717, 1.165) is 36.1 Å². The fourth-order valence-electron chi connectivity index (χ4n) is 3.27. The predicted octanol–water partition coefficient (Wildman–Crippen LogP) is 4.00. The maximum absolute atomic E-state index is 5.37. The van der Waals surface area contributed by atoms with Crippen LogP contribution in [0.2, 0.25) is 0 Å². The van der Waals surface area contributed by atoms with Crippen LogP contribution < -0.4 is 10.2 Å². The molecular weight excluding hydrogens is 300 g/mol. The van der Waals surface area contributed by atoms with Gasteiger partial charge in [0.2, 0.25) is 5.95 Å². The minimum absolute atomic E-state index is 0.191. The molecule has 3 rings (SSSR count). The number of nitrogens with one attached hydrogen (secondary N) is 1. The van der Waals surface area contributed by atoms with Crippen molar-refractivity contribution >= 4 is 5.95 Å². The molecule has 1 aliphatic heterocycles. The molecule has 0 aliphatic carbocycles. The number of anilines is 1. The van der Waals surface area contributed by atoms with Crippen molar-refractivity contribution in [3.63, 3.8) is 0 Å². The van der Waals surface area contributed by atoms with Crippen LogP contribution in [0.15, 0.2) is 29.0 Å². The summed E-state index contributed by atoms with van der Waals surface area (Å²) in [6.07, 6.45) is 10.2. The normalized spacial score (nSPS) is 17.3. The Bertz CT molecular complexity index is 618. The van der Waals surface area contributed by atoms with Crippen LogP contribution in [-0.4, -0.2) is 23.1 Å². The Labute approximate surface area is 144 Å². The van der Waals surface area contributed by atoms with Crippen molar-refractivity contribution in [2.45, 2.75) is 58.5 Å². The summed E-state index contributed by atoms with van der Waals surface area (Å²) in [5.41, 5.74) is 2.21. The number of aromatic nitrogens is 2. The maximum Gasteiger partial charge on any atom is 0.225 e. The minimum Gasteiger partial charge on any atom is -0.468 e. The summed E-state index contributed by atoms with van der Waals surface area (Å²) in [5.74, 6) is 1.83. The van der Waals surface area contributed by atoms with E-state index in [1.165, 1.54) is 32.1 Å². The first kappa shape index (κ1) is 17.0. The predicted molar refractivity (Wildman–Crippen MR) is 96.0 cm³/mol. The van der Waals surface area contributed by atoms with Crippen LogP contribution in [-0.2, 0) is 6.54 Å². The van der Waals surface area contributed by atoms with Crippen molar-refractivity contribution in [2.24, 2.45) is 0 Å². The number of aryl methyl sites for hydroxylation is 1. The summed E-state index contributed by atoms with van der Waals surface area (Å²) < 4.78 is 5.37. The van der Waals surface area contributed by atoms with Gasteiger partial charge in [-0.3, -0.25) is 0 Å². The molecular formula is C19H28N4O. The lowest BCUT2D eigenvalue weighted by Gasteiger charge is -2.25. The average Bonchev–Trinajstić information content (AvgIpc) is 3.05. The molecule has 0 spiro atoms. The molecule has 0 unspecified atom stereocenters. The molecule has 1 fully saturated rings. The summed E-state index contributed by atoms with van der Waals surface area (Å²) in [5, 5.41) is 3.47. The van der Waals surface area contributed by atoms with Gasteiger partial charge in [0.25, 0.3) is 0 Å². The lowest BCUT2D eigenvalue weighted by Crippen LogP contribution is -2.29. The number of nitrogens with zero attached hydrogens (tertiary/aromatic N) is 3. The number of furan rings is 1. The molecule has 1 aliphatic rings. The molecule has 0 radical (unpaired) electrons. The van der Waals surface area contributed by atoms with Gasteiger partial charge in [-0.2, -0.15) is 0 Å². The van der Waals surface area contributed by atoms with E-state index in [-0.39, 0.29) is 6.04 Å². The van der Waals surface area contributed by atoms with Crippen LogP contribution in [0.5, 0.6) is 0 Å². The monoisotopic (exact) mass is 328 g/mol. The zero-order valence-electron chi connectivity index (χ0n) is 14.8. The van der Waals surface area contributed by atoms with Crippen molar-refractivity contribution in [1.29, 1.82) is 0 Å². The standard InChI is InChI=1S/C19H28N4O/c1-15(20-13-17-9-8-12-24-17)18-14-21-19(22-16(18)2)23-10-6-4-3-5-7-11-23/h8-9,12,14-15,20H,3-7,10-11,13H2,1-2H3/t15-/m1/s1. The topological polar surface area (TPSA) is 54.2 Å². The van der Waals surface area contributed by atoms with Gasteiger partial charge in [-0.05, 0) is 38.8 Å². The molecule has 5 heteroatoms. The molecule has 0 saturated carbocycles. The Morgan fingerprint density at radius 3 is 2.62 bits per heavy atom. The van der Waals surface area contributed by atoms with Crippen molar-refractivity contribution in [2.75, 3.05) is 18.0 Å². The first-order valence-electron chi connectivity index (χ1n) is 9.08. The van der Waals surface area contributed by atoms with E-state index in [0.29, 0.717) is 6.54 Å². The van der Waals surface area contributed by atoms with Gasteiger partial charge >= 0.3 is 0 Å². The van der Waals surface area contributed by atoms with E-state index in [9.17, 15) is 0 Å². The summed E-state index contributed by atoms with van der Waals surface area (Å²) >= 11 is 0. The summed E-state index contributed by atoms with van der Waals surface area (Å²) in [7, 11) is 0. The quantitative estimate of drug-likeness (QED) is 0.899. The SMILES string of the molecule is Cc1nc(N2CCCCCCC2)ncc1[C@@H](C)NCc1ccco1. The number of hydrogen-bond donors (Lipinski definition) is 1. The first-order valence-corrected chi connectivity index (χ1v) is 9.08. The van der Waals surface area contributed by atoms with Crippen LogP contribution in [0.1, 0.15) is 62.1 Å². The lowest BCUT2D eigenvalue weighted by molar-refractivity contribution is 0.459. The van der Waals surface area contributed by atoms with Crippen LogP contribution in [0.3, 0.4) is 0 Å². The van der Waals surface area contributed by atoms with Crippen molar-refractivity contribution in [3.05, 3.63) is 41.6 Å². The zero-order valence-corrected chi connectivity index (χ0v) is 14.8. The highest BCUT2D eigenvalue weighted by atomic mass is 16.3. The molecule has 3 heterocycles. The van der Waals surface area contributed by atoms with Crippen molar-refractivity contribution in [1.82, 2.24) is 15.3 Å². The third-order valence-corrected chi connectivity index (χ3v) is 4.77. The Morgan fingerprint density at radius 2 is 1.96 bits per heavy atom. The number of hydrogen-bond acceptors (Lipinski definition) is 5. The molecule has 2 aromatic rings. The molecule has 0 aromatic carbocycles. The smallest absolute Gasteiger partial charge is 0.225 e. The molecule has 1 atom stereocenters. The maximum atomic E-state index is 5.37. The highest BCUT2D eigenvalue weighted by molar-refractivity contribution is 5.34. The van der Waals surface area contributed by atoms with Gasteiger partial charge in [0.15, 0.2) is 0 Å². The third kappa shape index (κ3) is 4.35. The molecule has 0 bridgehead atoms. The first-order chi connectivity index (χ1) is 11.7. The largest absolute Gasteiger partial charge is 0.468 e. The second-order valence-electron chi connectivity index (χ2n) is 6.65. The van der Waals surface area contributed by atoms with E-state index in [4.69, 9.17) is 9.40 Å². The molecule has 5 nitrogen and oxygen atoms in total. The van der Waals surface area contributed by atoms with Gasteiger partial charge in [0, 0.05) is 36.6 Å². The van der Waals surface area contributed by atoms with Gasteiger partial charge < -0.3 is 14.6 Å². The van der Waals surface area contributed by atoms with Crippen molar-refractivity contribution in [3.8, 4) is 0 Å². The summed E-state index contributed by atoms with van der Waals surface area (Å²) in [6.45, 7) is 7.08. The Morgan fingerprint density at radius 1 is 1.21 bits per heavy atom. The Kier molecular flexibility index (Phi) is 5.86. The third-order valence-electron chi connectivity index (χ3n) is 4.77. The van der Waals surface area contributed by atoms with Crippen LogP contribution in [0.25, 0.3) is 0 Å². The lowest BCUT2D eigenvalue weighted by atomic mass is 10.1. The molecule has 1 saturated heterocycles. The van der Waals surface area contributed by atoms with Crippen LogP contribution in [0, 0.1) is 6.92 Å². The molecule has 1 N–H and O–H groups in total. The van der Waals surface area contributed by atoms with Crippen LogP contribution >= 0.6 is 0 Å². The second kappa shape index (κ2) is 8.29. The summed E-state index contributed by atoms with van der Waals surface area (Å²) in [6, 6.07) is 4.08. The van der Waals surface area contributed by atoms with E-state index in [1.807, 2.05) is 18.3 Å². The van der Waals surface area contributed by atoms with E-state index in [2.05, 4.69) is 29.0 Å². The fraction of sp³-hybridized carbons (Fsp3) is 0.579. The van der Waals surface area contributed by atoms with Gasteiger partial charge in [-0.15, -0.1) is 0 Å². The Hall–Kier alpha value is -1.88. The summed E-state index contributed by atoms with van der Waals surface area (Å²) in [4.78, 5) is 11.8. The molecule has 24 heavy (non-hydrogen) atoms. The van der Waals surface area contributed by atoms with Gasteiger partial charge in [0.05, 0.1) is 12.8 Å². The molecule has 2 aromatic heterocycles. The minimum atomic E-state index is 0.191. The highest BCUT2D eigenvalue weighted by Crippen LogP contribution is 2.20. The van der Waals surface area contributed by atoms with Gasteiger partial charge in [-0.25, -0.2) is 9.97 Å². The Balaban J connectivity index is 1.64. The number of rotatable bonds is 5. The fourth-order valence-corrected chi connectivity index (χ4v) is 3.27. The molecule has 0 amide bonds. The van der Waals surface area contributed by atoms with Gasteiger partial charge in [-0.1, -0.05) is 19.3 Å². The van der Waals surface area contributed by atoms with E-state index < -0.39 is 0 Å². The molecule has 130 valence electrons. The highest BCUT2D eigenvalue weighted by Gasteiger charge is 2.15. The van der Waals surface area contributed by atoms with E-state index >= 15 is 0 Å². The average molecular weight is 328 g/mol. The van der Waals surface area contributed by atoms with Crippen LogP contribution in [0.4, 0.5) is 5.95 Å². The van der Waals surface area contributed by atoms with E-state index in [1.54, 1.807) is 6.26 Å².